The average Bonchev–Trinajstić information content (AvgIpc) is 2.33. The van der Waals surface area contributed by atoms with E-state index in [1.54, 1.807) is 14.0 Å². The molecule has 3 N–H and O–H groups in total. The summed E-state index contributed by atoms with van der Waals surface area (Å²) in [6.45, 7) is 7.77. The minimum absolute atomic E-state index is 0.0373. The van der Waals surface area contributed by atoms with Crippen molar-refractivity contribution in [2.75, 3.05) is 26.9 Å². The van der Waals surface area contributed by atoms with Crippen LogP contribution in [0.1, 0.15) is 40.0 Å². The third kappa shape index (κ3) is 6.93. The van der Waals surface area contributed by atoms with Gasteiger partial charge in [0.15, 0.2) is 0 Å². The van der Waals surface area contributed by atoms with Gasteiger partial charge < -0.3 is 20.5 Å². The van der Waals surface area contributed by atoms with Gasteiger partial charge in [0.25, 0.3) is 0 Å². The Balaban J connectivity index is 3.76. The van der Waals surface area contributed by atoms with Crippen molar-refractivity contribution in [1.82, 2.24) is 5.32 Å². The lowest BCUT2D eigenvalue weighted by molar-refractivity contribution is -0.125. The van der Waals surface area contributed by atoms with E-state index in [4.69, 9.17) is 15.2 Å². The highest BCUT2D eigenvalue weighted by atomic mass is 16.5. The van der Waals surface area contributed by atoms with Crippen LogP contribution >= 0.6 is 0 Å². The number of ether oxygens (including phenoxy) is 2. The van der Waals surface area contributed by atoms with Gasteiger partial charge in [-0.2, -0.15) is 0 Å². The zero-order valence-electron chi connectivity index (χ0n) is 12.1. The lowest BCUT2D eigenvalue weighted by Crippen LogP contribution is -2.53. The Bertz CT molecular complexity index is 236. The van der Waals surface area contributed by atoms with Crippen LogP contribution in [-0.2, 0) is 14.3 Å². The number of hydrogen-bond donors (Lipinski definition) is 2. The number of carbonyl (C=O) groups is 1. The Kier molecular flexibility index (Phi) is 8.97. The van der Waals surface area contributed by atoms with Crippen LogP contribution in [0.4, 0.5) is 0 Å². The number of unbranched alkanes of at least 4 members (excludes halogenated alkanes) is 1. The summed E-state index contributed by atoms with van der Waals surface area (Å²) in [5.41, 5.74) is 4.64. The highest BCUT2D eigenvalue weighted by Crippen LogP contribution is 2.13. The third-order valence-electron chi connectivity index (χ3n) is 3.06. The first-order valence-corrected chi connectivity index (χ1v) is 6.64. The van der Waals surface area contributed by atoms with Crippen LogP contribution in [0.15, 0.2) is 0 Å². The first-order valence-electron chi connectivity index (χ1n) is 6.64. The van der Waals surface area contributed by atoms with E-state index in [9.17, 15) is 4.79 Å². The van der Waals surface area contributed by atoms with Gasteiger partial charge in [0.05, 0.1) is 24.9 Å². The van der Waals surface area contributed by atoms with Crippen molar-refractivity contribution in [2.24, 2.45) is 5.73 Å². The molecule has 0 aliphatic rings. The molecule has 5 heteroatoms. The van der Waals surface area contributed by atoms with Crippen LogP contribution in [0.25, 0.3) is 0 Å². The molecule has 0 bridgehead atoms. The molecule has 0 fully saturated rings. The SMILES string of the molecule is CCCCOCCOC(C)CC(C)(NC)C(N)=O. The minimum Gasteiger partial charge on any atom is -0.379 e. The van der Waals surface area contributed by atoms with Crippen LogP contribution < -0.4 is 11.1 Å². The number of nitrogens with one attached hydrogen (secondary N) is 1. The quantitative estimate of drug-likeness (QED) is 0.545. The summed E-state index contributed by atoms with van der Waals surface area (Å²) in [7, 11) is 1.73. The number of carbonyl (C=O) groups excluding carboxylic acids is 1. The van der Waals surface area contributed by atoms with E-state index in [1.807, 2.05) is 6.92 Å². The molecule has 5 nitrogen and oxygen atoms in total. The topological polar surface area (TPSA) is 73.6 Å². The molecule has 0 rings (SSSR count). The van der Waals surface area contributed by atoms with Gasteiger partial charge >= 0.3 is 0 Å². The van der Waals surface area contributed by atoms with E-state index in [2.05, 4.69) is 12.2 Å². The molecular weight excluding hydrogens is 232 g/mol. The summed E-state index contributed by atoms with van der Waals surface area (Å²) in [6.07, 6.45) is 2.73. The summed E-state index contributed by atoms with van der Waals surface area (Å²) in [6, 6.07) is 0. The monoisotopic (exact) mass is 260 g/mol. The standard InChI is InChI=1S/C13H28N2O3/c1-5-6-7-17-8-9-18-11(2)10-13(3,15-4)12(14)16/h11,15H,5-10H2,1-4H3,(H2,14,16). The number of nitrogens with two attached hydrogens (primary N) is 1. The smallest absolute Gasteiger partial charge is 0.237 e. The lowest BCUT2D eigenvalue weighted by Gasteiger charge is -2.28. The van der Waals surface area contributed by atoms with Crippen molar-refractivity contribution in [3.05, 3.63) is 0 Å². The molecule has 0 heterocycles. The molecule has 2 atom stereocenters. The first kappa shape index (κ1) is 17.4. The van der Waals surface area contributed by atoms with E-state index in [0.29, 0.717) is 19.6 Å². The van der Waals surface area contributed by atoms with Crippen molar-refractivity contribution >= 4 is 5.91 Å². The Labute approximate surface area is 110 Å². The normalized spacial score (nSPS) is 16.2. The van der Waals surface area contributed by atoms with Crippen LogP contribution in [0.5, 0.6) is 0 Å². The van der Waals surface area contributed by atoms with Crippen molar-refractivity contribution < 1.29 is 14.3 Å². The fourth-order valence-corrected chi connectivity index (χ4v) is 1.62. The van der Waals surface area contributed by atoms with Crippen LogP contribution in [0.3, 0.4) is 0 Å². The maximum atomic E-state index is 11.3. The maximum absolute atomic E-state index is 11.3. The fourth-order valence-electron chi connectivity index (χ4n) is 1.62. The molecule has 1 amide bonds. The van der Waals surface area contributed by atoms with E-state index in [-0.39, 0.29) is 12.0 Å². The molecule has 108 valence electrons. The summed E-state index contributed by atoms with van der Waals surface area (Å²) in [4.78, 5) is 11.3. The Morgan fingerprint density at radius 3 is 2.56 bits per heavy atom. The molecule has 0 aromatic carbocycles. The van der Waals surface area contributed by atoms with Crippen molar-refractivity contribution in [1.29, 1.82) is 0 Å². The van der Waals surface area contributed by atoms with Crippen LogP contribution in [0, 0.1) is 0 Å². The molecule has 2 unspecified atom stereocenters. The number of rotatable bonds is 11. The summed E-state index contributed by atoms with van der Waals surface area (Å²) >= 11 is 0. The van der Waals surface area contributed by atoms with Crippen molar-refractivity contribution in [3.8, 4) is 0 Å². The van der Waals surface area contributed by atoms with Crippen LogP contribution in [0.2, 0.25) is 0 Å². The van der Waals surface area contributed by atoms with Gasteiger partial charge in [0.2, 0.25) is 5.91 Å². The minimum atomic E-state index is -0.720. The van der Waals surface area contributed by atoms with Gasteiger partial charge in [-0.05, 0) is 27.3 Å². The molecule has 0 aliphatic carbocycles. The van der Waals surface area contributed by atoms with Gasteiger partial charge in [0, 0.05) is 13.0 Å². The number of likely N-dealkylation sites (N-methyl/N-ethyl adjacent to an activating group) is 1. The van der Waals surface area contributed by atoms with E-state index < -0.39 is 5.54 Å². The number of primary amides is 1. The van der Waals surface area contributed by atoms with E-state index >= 15 is 0 Å². The molecule has 0 aromatic rings. The second-order valence-electron chi connectivity index (χ2n) is 4.80. The molecule has 18 heavy (non-hydrogen) atoms. The third-order valence-corrected chi connectivity index (χ3v) is 3.06. The second kappa shape index (κ2) is 9.30. The molecular formula is C13H28N2O3. The predicted molar refractivity (Wildman–Crippen MR) is 72.4 cm³/mol. The molecule has 0 spiro atoms. The second-order valence-corrected chi connectivity index (χ2v) is 4.80. The maximum Gasteiger partial charge on any atom is 0.237 e. The predicted octanol–water partition coefficient (Wildman–Crippen LogP) is 1.06. The highest BCUT2D eigenvalue weighted by molar-refractivity contribution is 5.84. The van der Waals surface area contributed by atoms with E-state index in [1.165, 1.54) is 0 Å². The Hall–Kier alpha value is -0.650. The highest BCUT2D eigenvalue weighted by Gasteiger charge is 2.31. The summed E-state index contributed by atoms with van der Waals surface area (Å²) in [5, 5.41) is 2.94. The average molecular weight is 260 g/mol. The molecule has 0 aromatic heterocycles. The Morgan fingerprint density at radius 2 is 2.06 bits per heavy atom. The van der Waals surface area contributed by atoms with Crippen LogP contribution in [-0.4, -0.2) is 44.4 Å². The Morgan fingerprint density at radius 1 is 1.39 bits per heavy atom. The van der Waals surface area contributed by atoms with Gasteiger partial charge in [0.1, 0.15) is 0 Å². The van der Waals surface area contributed by atoms with E-state index in [0.717, 1.165) is 19.4 Å². The molecule has 0 aliphatic heterocycles. The van der Waals surface area contributed by atoms with Crippen molar-refractivity contribution in [3.63, 3.8) is 0 Å². The lowest BCUT2D eigenvalue weighted by atomic mass is 9.94. The summed E-state index contributed by atoms with van der Waals surface area (Å²) < 4.78 is 11.0. The van der Waals surface area contributed by atoms with Gasteiger partial charge in [-0.15, -0.1) is 0 Å². The van der Waals surface area contributed by atoms with Gasteiger partial charge in [-0.3, -0.25) is 4.79 Å². The molecule has 0 saturated heterocycles. The molecule has 0 saturated carbocycles. The van der Waals surface area contributed by atoms with Crippen molar-refractivity contribution in [2.45, 2.75) is 51.7 Å². The summed E-state index contributed by atoms with van der Waals surface area (Å²) in [5.74, 6) is -0.361. The first-order chi connectivity index (χ1) is 8.46. The fraction of sp³-hybridized carbons (Fsp3) is 0.923. The zero-order chi connectivity index (χ0) is 14.0. The molecule has 0 radical (unpaired) electrons. The van der Waals surface area contributed by atoms with Gasteiger partial charge in [-0.25, -0.2) is 0 Å². The largest absolute Gasteiger partial charge is 0.379 e. The van der Waals surface area contributed by atoms with Gasteiger partial charge in [-0.1, -0.05) is 13.3 Å². The zero-order valence-corrected chi connectivity index (χ0v) is 12.1. The number of amides is 1. The number of hydrogen-bond acceptors (Lipinski definition) is 4.